The van der Waals surface area contributed by atoms with E-state index in [-0.39, 0.29) is 0 Å². The average Bonchev–Trinajstić information content (AvgIpc) is 3.95. The van der Waals surface area contributed by atoms with Crippen LogP contribution in [0.1, 0.15) is 0 Å². The normalized spacial score (nSPS) is 11.9. The van der Waals surface area contributed by atoms with E-state index >= 15 is 0 Å². The zero-order valence-electron chi connectivity index (χ0n) is 30.7. The first kappa shape index (κ1) is 31.6. The molecule has 8 aromatic carbocycles. The van der Waals surface area contributed by atoms with Crippen LogP contribution in [0.4, 0.5) is 0 Å². The van der Waals surface area contributed by atoms with Crippen LogP contribution >= 0.6 is 0 Å². The third-order valence-corrected chi connectivity index (χ3v) is 11.3. The second kappa shape index (κ2) is 12.4. The van der Waals surface area contributed by atoms with Gasteiger partial charge >= 0.3 is 0 Å². The van der Waals surface area contributed by atoms with Gasteiger partial charge in [0, 0.05) is 49.4 Å². The van der Waals surface area contributed by atoms with Gasteiger partial charge in [0.05, 0.1) is 22.1 Å². The Bertz CT molecular complexity index is 3510. The number of para-hydroxylation sites is 5. The van der Waals surface area contributed by atoms with Gasteiger partial charge in [0.15, 0.2) is 5.82 Å². The molecule has 4 heterocycles. The summed E-state index contributed by atoms with van der Waals surface area (Å²) in [6.45, 7) is 0. The van der Waals surface area contributed by atoms with Crippen molar-refractivity contribution < 1.29 is 4.42 Å². The van der Waals surface area contributed by atoms with Crippen LogP contribution in [0.15, 0.2) is 199 Å². The lowest BCUT2D eigenvalue weighted by atomic mass is 10.00. The summed E-state index contributed by atoms with van der Waals surface area (Å²) in [5.74, 6) is 0.657. The van der Waals surface area contributed by atoms with Crippen molar-refractivity contribution in [1.82, 2.24) is 19.1 Å². The average molecular weight is 729 g/mol. The summed E-state index contributed by atoms with van der Waals surface area (Å²) in [5.41, 5.74) is 13.9. The molecule has 0 bridgehead atoms. The molecule has 0 aliphatic heterocycles. The molecule has 0 spiro atoms. The van der Waals surface area contributed by atoms with Crippen LogP contribution in [-0.4, -0.2) is 19.1 Å². The summed E-state index contributed by atoms with van der Waals surface area (Å²) in [4.78, 5) is 11.2. The maximum Gasteiger partial charge on any atom is 0.161 e. The standard InChI is InChI=1S/C52H32N4O/c1-4-16-33(17-5-1)34-30-31-44-42(32-34)47-40(25-15-28-45(47)55(44)35-18-6-2-7-19-35)52-53-48-39-23-10-12-27-43(39)56(36-20-8-3-9-21-36)50(48)49(54-52)41-26-14-24-38-37-22-11-13-29-46(37)57-51(38)41/h1-32H. The monoisotopic (exact) mass is 728 g/mol. The minimum Gasteiger partial charge on any atom is -0.455 e. The molecule has 0 amide bonds. The molecule has 0 atom stereocenters. The van der Waals surface area contributed by atoms with Gasteiger partial charge in [0.1, 0.15) is 22.4 Å². The van der Waals surface area contributed by atoms with E-state index in [9.17, 15) is 0 Å². The number of nitrogens with zero attached hydrogens (tertiary/aromatic N) is 4. The first-order valence-corrected chi connectivity index (χ1v) is 19.3. The van der Waals surface area contributed by atoms with Crippen molar-refractivity contribution in [2.75, 3.05) is 0 Å². The predicted molar refractivity (Wildman–Crippen MR) is 234 cm³/mol. The van der Waals surface area contributed by atoms with Crippen LogP contribution in [0.3, 0.4) is 0 Å². The zero-order valence-corrected chi connectivity index (χ0v) is 30.7. The van der Waals surface area contributed by atoms with Gasteiger partial charge in [-0.2, -0.15) is 0 Å². The van der Waals surface area contributed by atoms with E-state index in [1.165, 1.54) is 5.56 Å². The lowest BCUT2D eigenvalue weighted by molar-refractivity contribution is 0.670. The lowest BCUT2D eigenvalue weighted by Gasteiger charge is -2.13. The number of rotatable bonds is 5. The van der Waals surface area contributed by atoms with Crippen LogP contribution in [0.2, 0.25) is 0 Å². The number of benzene rings is 8. The van der Waals surface area contributed by atoms with Gasteiger partial charge in [-0.05, 0) is 71.8 Å². The first-order valence-electron chi connectivity index (χ1n) is 19.3. The van der Waals surface area contributed by atoms with Gasteiger partial charge in [-0.1, -0.05) is 133 Å². The van der Waals surface area contributed by atoms with Crippen molar-refractivity contribution in [3.8, 4) is 45.1 Å². The van der Waals surface area contributed by atoms with Crippen molar-refractivity contribution in [1.29, 1.82) is 0 Å². The fourth-order valence-electron chi connectivity index (χ4n) is 8.85. The fraction of sp³-hybridized carbons (Fsp3) is 0. The topological polar surface area (TPSA) is 48.8 Å². The summed E-state index contributed by atoms with van der Waals surface area (Å²) in [7, 11) is 0. The Labute approximate surface area is 327 Å². The van der Waals surface area contributed by atoms with Crippen molar-refractivity contribution in [3.05, 3.63) is 194 Å². The van der Waals surface area contributed by atoms with Crippen LogP contribution < -0.4 is 0 Å². The maximum atomic E-state index is 6.71. The molecule has 0 aliphatic rings. The molecular formula is C52H32N4O. The second-order valence-corrected chi connectivity index (χ2v) is 14.5. The highest BCUT2D eigenvalue weighted by atomic mass is 16.3. The summed E-state index contributed by atoms with van der Waals surface area (Å²) in [6, 6.07) is 68.2. The van der Waals surface area contributed by atoms with E-state index < -0.39 is 0 Å². The van der Waals surface area contributed by atoms with Gasteiger partial charge in [0.25, 0.3) is 0 Å². The molecule has 0 N–H and O–H groups in total. The highest BCUT2D eigenvalue weighted by molar-refractivity contribution is 6.18. The zero-order chi connectivity index (χ0) is 37.5. The van der Waals surface area contributed by atoms with Crippen LogP contribution in [-0.2, 0) is 0 Å². The fourth-order valence-corrected chi connectivity index (χ4v) is 8.85. The summed E-state index contributed by atoms with van der Waals surface area (Å²) in [6.07, 6.45) is 0. The molecule has 0 unspecified atom stereocenters. The Kier molecular flexibility index (Phi) is 6.86. The minimum absolute atomic E-state index is 0.657. The molecule has 0 saturated carbocycles. The molecule has 0 fully saturated rings. The van der Waals surface area contributed by atoms with E-state index in [0.717, 1.165) is 99.4 Å². The molecule has 0 aliphatic carbocycles. The molecule has 0 saturated heterocycles. The van der Waals surface area contributed by atoms with Gasteiger partial charge in [-0.3, -0.25) is 0 Å². The Morgan fingerprint density at radius 1 is 0.404 bits per heavy atom. The smallest absolute Gasteiger partial charge is 0.161 e. The molecule has 5 nitrogen and oxygen atoms in total. The van der Waals surface area contributed by atoms with E-state index in [1.807, 2.05) is 12.1 Å². The summed E-state index contributed by atoms with van der Waals surface area (Å²) >= 11 is 0. The molecule has 5 heteroatoms. The molecule has 57 heavy (non-hydrogen) atoms. The van der Waals surface area contributed by atoms with E-state index in [4.69, 9.17) is 14.4 Å². The Morgan fingerprint density at radius 3 is 1.82 bits per heavy atom. The maximum absolute atomic E-state index is 6.71. The van der Waals surface area contributed by atoms with Crippen LogP contribution in [0.25, 0.3) is 111 Å². The third-order valence-electron chi connectivity index (χ3n) is 11.3. The molecule has 4 aromatic heterocycles. The Hall–Kier alpha value is -7.76. The number of furan rings is 1. The highest BCUT2D eigenvalue weighted by Crippen LogP contribution is 2.44. The van der Waals surface area contributed by atoms with Gasteiger partial charge in [0.2, 0.25) is 0 Å². The third kappa shape index (κ3) is 4.76. The molecular weight excluding hydrogens is 697 g/mol. The van der Waals surface area contributed by atoms with Crippen molar-refractivity contribution >= 4 is 65.7 Å². The first-order chi connectivity index (χ1) is 28.3. The van der Waals surface area contributed by atoms with Crippen molar-refractivity contribution in [3.63, 3.8) is 0 Å². The predicted octanol–water partition coefficient (Wildman–Crippen LogP) is 13.6. The minimum atomic E-state index is 0.657. The van der Waals surface area contributed by atoms with Gasteiger partial charge in [-0.25, -0.2) is 9.97 Å². The van der Waals surface area contributed by atoms with Crippen molar-refractivity contribution in [2.45, 2.75) is 0 Å². The molecule has 0 radical (unpaired) electrons. The summed E-state index contributed by atoms with van der Waals surface area (Å²) in [5, 5.41) is 5.44. The number of hydrogen-bond acceptors (Lipinski definition) is 3. The molecule has 12 rings (SSSR count). The van der Waals surface area contributed by atoms with E-state index in [1.54, 1.807) is 0 Å². The number of fused-ring (bicyclic) bond motifs is 9. The van der Waals surface area contributed by atoms with Gasteiger partial charge in [-0.15, -0.1) is 0 Å². The Morgan fingerprint density at radius 2 is 1.02 bits per heavy atom. The highest BCUT2D eigenvalue weighted by Gasteiger charge is 2.25. The van der Waals surface area contributed by atoms with Crippen LogP contribution in [0.5, 0.6) is 0 Å². The Balaban J connectivity index is 1.24. The SMILES string of the molecule is c1ccc(-c2ccc3c(c2)c2c(-c4nc(-c5cccc6c5oc5ccccc56)c5c(n4)c4ccccc4n5-c4ccccc4)cccc2n3-c2ccccc2)cc1. The second-order valence-electron chi connectivity index (χ2n) is 14.5. The van der Waals surface area contributed by atoms with Crippen LogP contribution in [0, 0.1) is 0 Å². The summed E-state index contributed by atoms with van der Waals surface area (Å²) < 4.78 is 11.4. The lowest BCUT2D eigenvalue weighted by Crippen LogP contribution is -2.00. The largest absolute Gasteiger partial charge is 0.455 e. The quantitative estimate of drug-likeness (QED) is 0.177. The van der Waals surface area contributed by atoms with E-state index in [2.05, 4.69) is 191 Å². The number of hydrogen-bond donors (Lipinski definition) is 0. The van der Waals surface area contributed by atoms with Gasteiger partial charge < -0.3 is 13.6 Å². The number of aromatic nitrogens is 4. The molecule has 12 aromatic rings. The van der Waals surface area contributed by atoms with Crippen molar-refractivity contribution in [2.24, 2.45) is 0 Å². The van der Waals surface area contributed by atoms with E-state index in [0.29, 0.717) is 5.82 Å². The molecule has 266 valence electrons.